The van der Waals surface area contributed by atoms with E-state index < -0.39 is 0 Å². The number of urea groups is 1. The van der Waals surface area contributed by atoms with Gasteiger partial charge in [-0.15, -0.1) is 0 Å². The number of carbonyl (C=O) groups excluding carboxylic acids is 2. The van der Waals surface area contributed by atoms with Crippen molar-refractivity contribution >= 4 is 17.6 Å². The second-order valence-corrected chi connectivity index (χ2v) is 5.46. The van der Waals surface area contributed by atoms with Crippen LogP contribution in [-0.2, 0) is 6.54 Å². The van der Waals surface area contributed by atoms with Gasteiger partial charge in [-0.05, 0) is 36.2 Å². The van der Waals surface area contributed by atoms with Gasteiger partial charge < -0.3 is 20.7 Å². The van der Waals surface area contributed by atoms with Crippen LogP contribution in [0, 0.1) is 0 Å². The van der Waals surface area contributed by atoms with E-state index in [1.54, 1.807) is 31.3 Å². The Morgan fingerprint density at radius 3 is 2.52 bits per heavy atom. The molecule has 0 fully saturated rings. The zero-order valence-corrected chi connectivity index (χ0v) is 14.5. The Hall–Kier alpha value is -3.02. The molecule has 0 atom stereocenters. The van der Waals surface area contributed by atoms with Gasteiger partial charge in [0.25, 0.3) is 5.91 Å². The van der Waals surface area contributed by atoms with Crippen molar-refractivity contribution in [1.29, 1.82) is 0 Å². The Morgan fingerprint density at radius 1 is 1.08 bits per heavy atom. The predicted molar refractivity (Wildman–Crippen MR) is 97.9 cm³/mol. The molecule has 3 N–H and O–H groups in total. The highest BCUT2D eigenvalue weighted by Gasteiger charge is 2.05. The quantitative estimate of drug-likeness (QED) is 0.724. The molecular formula is C19H23N3O3. The number of ether oxygens (including phenoxy) is 1. The average Bonchev–Trinajstić information content (AvgIpc) is 2.65. The normalized spacial score (nSPS) is 10.0. The first-order valence-corrected chi connectivity index (χ1v) is 8.21. The lowest BCUT2D eigenvalue weighted by Gasteiger charge is -2.10. The van der Waals surface area contributed by atoms with Gasteiger partial charge >= 0.3 is 6.03 Å². The predicted octanol–water partition coefficient (Wildman–Crippen LogP) is 3.16. The zero-order chi connectivity index (χ0) is 18.1. The van der Waals surface area contributed by atoms with Crippen molar-refractivity contribution in [3.63, 3.8) is 0 Å². The Bertz CT molecular complexity index is 714. The van der Waals surface area contributed by atoms with Gasteiger partial charge in [-0.1, -0.05) is 25.1 Å². The van der Waals surface area contributed by atoms with E-state index in [4.69, 9.17) is 4.74 Å². The van der Waals surface area contributed by atoms with Crippen molar-refractivity contribution in [2.75, 3.05) is 19.0 Å². The summed E-state index contributed by atoms with van der Waals surface area (Å²) in [7, 11) is 1.59. The molecule has 0 heterocycles. The molecule has 6 heteroatoms. The summed E-state index contributed by atoms with van der Waals surface area (Å²) >= 11 is 0. The van der Waals surface area contributed by atoms with E-state index in [0.29, 0.717) is 24.4 Å². The molecule has 0 saturated heterocycles. The molecule has 0 unspecified atom stereocenters. The number of rotatable bonds is 7. The lowest BCUT2D eigenvalue weighted by molar-refractivity contribution is 0.0963. The summed E-state index contributed by atoms with van der Waals surface area (Å²) in [5, 5.41) is 8.12. The molecule has 132 valence electrons. The summed E-state index contributed by atoms with van der Waals surface area (Å²) in [6.07, 6.45) is 0.927. The van der Waals surface area contributed by atoms with Crippen molar-refractivity contribution in [3.05, 3.63) is 59.7 Å². The Morgan fingerprint density at radius 2 is 1.84 bits per heavy atom. The van der Waals surface area contributed by atoms with Crippen LogP contribution in [0.5, 0.6) is 5.75 Å². The fourth-order valence-electron chi connectivity index (χ4n) is 2.16. The van der Waals surface area contributed by atoms with Crippen molar-refractivity contribution in [2.45, 2.75) is 19.9 Å². The van der Waals surface area contributed by atoms with Crippen molar-refractivity contribution in [1.82, 2.24) is 10.6 Å². The maximum absolute atomic E-state index is 12.0. The molecule has 0 aliphatic heterocycles. The van der Waals surface area contributed by atoms with Gasteiger partial charge in [0.1, 0.15) is 5.75 Å². The molecule has 0 aliphatic carbocycles. The minimum absolute atomic E-state index is 0.137. The van der Waals surface area contributed by atoms with Gasteiger partial charge in [-0.2, -0.15) is 0 Å². The minimum atomic E-state index is -0.303. The highest BCUT2D eigenvalue weighted by atomic mass is 16.5. The minimum Gasteiger partial charge on any atom is -0.494 e. The number of nitrogens with one attached hydrogen (secondary N) is 3. The molecular weight excluding hydrogens is 318 g/mol. The van der Waals surface area contributed by atoms with Crippen LogP contribution in [-0.4, -0.2) is 25.6 Å². The van der Waals surface area contributed by atoms with E-state index in [9.17, 15) is 9.59 Å². The van der Waals surface area contributed by atoms with Crippen LogP contribution < -0.4 is 20.7 Å². The van der Waals surface area contributed by atoms with Crippen LogP contribution in [0.3, 0.4) is 0 Å². The summed E-state index contributed by atoms with van der Waals surface area (Å²) in [4.78, 5) is 23.5. The Labute approximate surface area is 147 Å². The van der Waals surface area contributed by atoms with E-state index >= 15 is 0 Å². The van der Waals surface area contributed by atoms with E-state index in [1.807, 2.05) is 31.2 Å². The van der Waals surface area contributed by atoms with Crippen LogP contribution >= 0.6 is 0 Å². The van der Waals surface area contributed by atoms with Crippen LogP contribution in [0.25, 0.3) is 0 Å². The number of carbonyl (C=O) groups is 2. The highest BCUT2D eigenvalue weighted by molar-refractivity contribution is 5.94. The largest absolute Gasteiger partial charge is 0.494 e. The first-order valence-electron chi connectivity index (χ1n) is 8.21. The SMILES string of the molecule is CCCOc1cccc(NC(=O)NCc2ccc(C(=O)NC)cc2)c1. The third-order valence-electron chi connectivity index (χ3n) is 3.46. The molecule has 3 amide bonds. The summed E-state index contributed by atoms with van der Waals surface area (Å²) < 4.78 is 5.54. The Kier molecular flexibility index (Phi) is 6.83. The molecule has 2 rings (SSSR count). The molecule has 0 spiro atoms. The summed E-state index contributed by atoms with van der Waals surface area (Å²) in [5.41, 5.74) is 2.16. The fourth-order valence-corrected chi connectivity index (χ4v) is 2.16. The summed E-state index contributed by atoms with van der Waals surface area (Å²) in [6, 6.07) is 14.0. The molecule has 2 aromatic rings. The summed E-state index contributed by atoms with van der Waals surface area (Å²) in [6.45, 7) is 3.05. The maximum Gasteiger partial charge on any atom is 0.319 e. The maximum atomic E-state index is 12.0. The molecule has 0 aliphatic rings. The highest BCUT2D eigenvalue weighted by Crippen LogP contribution is 2.17. The number of hydrogen-bond donors (Lipinski definition) is 3. The first kappa shape index (κ1) is 18.3. The zero-order valence-electron chi connectivity index (χ0n) is 14.5. The van der Waals surface area contributed by atoms with Gasteiger partial charge in [-0.25, -0.2) is 4.79 Å². The molecule has 2 aromatic carbocycles. The smallest absolute Gasteiger partial charge is 0.319 e. The topological polar surface area (TPSA) is 79.5 Å². The van der Waals surface area contributed by atoms with Crippen molar-refractivity contribution < 1.29 is 14.3 Å². The van der Waals surface area contributed by atoms with Gasteiger partial charge in [0, 0.05) is 30.9 Å². The molecule has 0 aromatic heterocycles. The molecule has 25 heavy (non-hydrogen) atoms. The van der Waals surface area contributed by atoms with Gasteiger partial charge in [0.2, 0.25) is 0 Å². The van der Waals surface area contributed by atoms with Crippen LogP contribution in [0.4, 0.5) is 10.5 Å². The average molecular weight is 341 g/mol. The van der Waals surface area contributed by atoms with E-state index in [-0.39, 0.29) is 11.9 Å². The van der Waals surface area contributed by atoms with Crippen LogP contribution in [0.15, 0.2) is 48.5 Å². The van der Waals surface area contributed by atoms with E-state index in [2.05, 4.69) is 16.0 Å². The lowest BCUT2D eigenvalue weighted by Crippen LogP contribution is -2.28. The molecule has 0 saturated carbocycles. The standard InChI is InChI=1S/C19H23N3O3/c1-3-11-25-17-6-4-5-16(12-17)22-19(24)21-13-14-7-9-15(10-8-14)18(23)20-2/h4-10,12H,3,11,13H2,1-2H3,(H,20,23)(H2,21,22,24). The van der Waals surface area contributed by atoms with Gasteiger partial charge in [0.15, 0.2) is 0 Å². The van der Waals surface area contributed by atoms with Crippen molar-refractivity contribution in [2.24, 2.45) is 0 Å². The molecule has 0 bridgehead atoms. The van der Waals surface area contributed by atoms with Gasteiger partial charge in [-0.3, -0.25) is 4.79 Å². The number of amides is 3. The number of hydrogen-bond acceptors (Lipinski definition) is 3. The molecule has 0 radical (unpaired) electrons. The van der Waals surface area contributed by atoms with Crippen LogP contribution in [0.1, 0.15) is 29.3 Å². The second-order valence-electron chi connectivity index (χ2n) is 5.46. The fraction of sp³-hybridized carbons (Fsp3) is 0.263. The lowest BCUT2D eigenvalue weighted by atomic mass is 10.1. The van der Waals surface area contributed by atoms with Gasteiger partial charge in [0.05, 0.1) is 6.61 Å². The van der Waals surface area contributed by atoms with Crippen LogP contribution in [0.2, 0.25) is 0 Å². The Balaban J connectivity index is 1.85. The number of anilines is 1. The third-order valence-corrected chi connectivity index (χ3v) is 3.46. The van der Waals surface area contributed by atoms with E-state index in [1.165, 1.54) is 0 Å². The molecule has 6 nitrogen and oxygen atoms in total. The first-order chi connectivity index (χ1) is 12.1. The third kappa shape index (κ3) is 5.84. The monoisotopic (exact) mass is 341 g/mol. The van der Waals surface area contributed by atoms with E-state index in [0.717, 1.165) is 17.7 Å². The second kappa shape index (κ2) is 9.32. The summed E-state index contributed by atoms with van der Waals surface area (Å²) in [5.74, 6) is 0.590. The van der Waals surface area contributed by atoms with Crippen molar-refractivity contribution in [3.8, 4) is 5.75 Å². The number of benzene rings is 2.